The maximum Gasteiger partial charge on any atom is 0.407 e. The lowest BCUT2D eigenvalue weighted by atomic mass is 9.94. The first-order valence-corrected chi connectivity index (χ1v) is 9.73. The quantitative estimate of drug-likeness (QED) is 0.756. The molecule has 1 saturated heterocycles. The van der Waals surface area contributed by atoms with Crippen molar-refractivity contribution >= 4 is 22.0 Å². The lowest BCUT2D eigenvalue weighted by Crippen LogP contribution is -2.41. The number of nitrogens with zero attached hydrogens (tertiary/aromatic N) is 2. The number of carbonyl (C=O) groups is 1. The van der Waals surface area contributed by atoms with Crippen molar-refractivity contribution in [3.8, 4) is 5.75 Å². The van der Waals surface area contributed by atoms with Crippen LogP contribution in [-0.4, -0.2) is 52.5 Å². The van der Waals surface area contributed by atoms with E-state index in [9.17, 15) is 4.79 Å². The van der Waals surface area contributed by atoms with Gasteiger partial charge < -0.3 is 19.5 Å². The standard InChI is InChI=1S/C18H25BrN2O4/c1-12-16(6-7-17(19)20-12)25-14-4-2-13(3-5-14)24-15-8-10-21(11-9-15)18(22)23/h6-7,13-15H,2-5,8-11H2,1H3,(H,22,23). The molecule has 1 aliphatic carbocycles. The van der Waals surface area contributed by atoms with Crippen molar-refractivity contribution in [3.05, 3.63) is 22.4 Å². The van der Waals surface area contributed by atoms with E-state index in [1.54, 1.807) is 0 Å². The molecule has 0 radical (unpaired) electrons. The van der Waals surface area contributed by atoms with Gasteiger partial charge in [0, 0.05) is 13.1 Å². The normalized spacial score (nSPS) is 25.0. The maximum atomic E-state index is 10.9. The number of likely N-dealkylation sites (tertiary alicyclic amines) is 1. The first-order chi connectivity index (χ1) is 12.0. The first kappa shape index (κ1) is 18.5. The topological polar surface area (TPSA) is 71.9 Å². The summed E-state index contributed by atoms with van der Waals surface area (Å²) in [4.78, 5) is 16.8. The number of hydrogen-bond acceptors (Lipinski definition) is 4. The van der Waals surface area contributed by atoms with Crippen LogP contribution in [0.2, 0.25) is 0 Å². The molecule has 1 amide bonds. The molecule has 0 unspecified atom stereocenters. The minimum atomic E-state index is -0.825. The summed E-state index contributed by atoms with van der Waals surface area (Å²) in [5.41, 5.74) is 0.901. The predicted octanol–water partition coefficient (Wildman–Crippen LogP) is 4.00. The van der Waals surface area contributed by atoms with Crippen LogP contribution in [0.15, 0.2) is 16.7 Å². The van der Waals surface area contributed by atoms with Crippen LogP contribution in [0.5, 0.6) is 5.75 Å². The Labute approximate surface area is 156 Å². The fourth-order valence-electron chi connectivity index (χ4n) is 3.56. The van der Waals surface area contributed by atoms with Crippen molar-refractivity contribution in [3.63, 3.8) is 0 Å². The molecule has 2 heterocycles. The molecule has 1 aliphatic heterocycles. The summed E-state index contributed by atoms with van der Waals surface area (Å²) in [5, 5.41) is 8.99. The Kier molecular flexibility index (Phi) is 6.17. The zero-order valence-electron chi connectivity index (χ0n) is 14.5. The van der Waals surface area contributed by atoms with Crippen molar-refractivity contribution in [2.24, 2.45) is 0 Å². The monoisotopic (exact) mass is 412 g/mol. The zero-order chi connectivity index (χ0) is 17.8. The van der Waals surface area contributed by atoms with Gasteiger partial charge in [-0.2, -0.15) is 0 Å². The number of aromatic nitrogens is 1. The van der Waals surface area contributed by atoms with Crippen LogP contribution in [0.3, 0.4) is 0 Å². The molecular weight excluding hydrogens is 388 g/mol. The van der Waals surface area contributed by atoms with E-state index in [0.717, 1.165) is 54.6 Å². The third kappa shape index (κ3) is 5.07. The van der Waals surface area contributed by atoms with Crippen molar-refractivity contribution < 1.29 is 19.4 Å². The summed E-state index contributed by atoms with van der Waals surface area (Å²) in [6, 6.07) is 3.87. The van der Waals surface area contributed by atoms with Crippen LogP contribution in [0, 0.1) is 6.92 Å². The Morgan fingerprint density at radius 2 is 1.72 bits per heavy atom. The number of carboxylic acid groups (broad SMARTS) is 1. The largest absolute Gasteiger partial charge is 0.489 e. The van der Waals surface area contributed by atoms with Crippen molar-refractivity contribution in [1.82, 2.24) is 9.88 Å². The smallest absolute Gasteiger partial charge is 0.407 e. The molecule has 3 rings (SSSR count). The highest BCUT2D eigenvalue weighted by molar-refractivity contribution is 9.10. The van der Waals surface area contributed by atoms with Gasteiger partial charge >= 0.3 is 6.09 Å². The molecule has 0 atom stereocenters. The summed E-state index contributed by atoms with van der Waals surface area (Å²) in [6.45, 7) is 3.11. The Morgan fingerprint density at radius 1 is 1.12 bits per heavy atom. The Hall–Kier alpha value is -1.34. The van der Waals surface area contributed by atoms with E-state index >= 15 is 0 Å². The van der Waals surface area contributed by atoms with Crippen LogP contribution in [0.25, 0.3) is 0 Å². The number of halogens is 1. The lowest BCUT2D eigenvalue weighted by molar-refractivity contribution is -0.0641. The number of rotatable bonds is 4. The molecule has 0 bridgehead atoms. The fourth-order valence-corrected chi connectivity index (χ4v) is 3.96. The van der Waals surface area contributed by atoms with Crippen LogP contribution >= 0.6 is 15.9 Å². The lowest BCUT2D eigenvalue weighted by Gasteiger charge is -2.35. The van der Waals surface area contributed by atoms with E-state index < -0.39 is 6.09 Å². The number of ether oxygens (including phenoxy) is 2. The molecule has 25 heavy (non-hydrogen) atoms. The molecule has 1 N–H and O–H groups in total. The highest BCUT2D eigenvalue weighted by Gasteiger charge is 2.28. The second kappa shape index (κ2) is 8.36. The maximum absolute atomic E-state index is 10.9. The number of pyridine rings is 1. The third-order valence-electron chi connectivity index (χ3n) is 5.02. The molecule has 1 saturated carbocycles. The van der Waals surface area contributed by atoms with Gasteiger partial charge in [-0.25, -0.2) is 9.78 Å². The number of hydrogen-bond donors (Lipinski definition) is 1. The highest BCUT2D eigenvalue weighted by atomic mass is 79.9. The van der Waals surface area contributed by atoms with Crippen molar-refractivity contribution in [1.29, 1.82) is 0 Å². The number of aryl methyl sites for hydroxylation is 1. The Balaban J connectivity index is 1.41. The summed E-state index contributed by atoms with van der Waals surface area (Å²) in [6.07, 6.45) is 5.39. The summed E-state index contributed by atoms with van der Waals surface area (Å²) in [5.74, 6) is 0.855. The second-order valence-corrected chi connectivity index (χ2v) is 7.65. The molecule has 0 aromatic carbocycles. The van der Waals surface area contributed by atoms with Crippen molar-refractivity contribution in [2.75, 3.05) is 13.1 Å². The Bertz CT molecular complexity index is 597. The minimum Gasteiger partial charge on any atom is -0.489 e. The van der Waals surface area contributed by atoms with Gasteiger partial charge in [0.2, 0.25) is 0 Å². The summed E-state index contributed by atoms with van der Waals surface area (Å²) < 4.78 is 13.1. The van der Waals surface area contributed by atoms with Gasteiger partial charge in [-0.1, -0.05) is 0 Å². The minimum absolute atomic E-state index is 0.191. The van der Waals surface area contributed by atoms with Gasteiger partial charge in [-0.3, -0.25) is 0 Å². The van der Waals surface area contributed by atoms with E-state index in [1.165, 1.54) is 4.90 Å². The van der Waals surface area contributed by atoms with E-state index in [-0.39, 0.29) is 18.3 Å². The first-order valence-electron chi connectivity index (χ1n) is 8.94. The molecule has 1 aromatic rings. The molecule has 6 nitrogen and oxygen atoms in total. The number of amides is 1. The molecule has 2 fully saturated rings. The molecule has 1 aromatic heterocycles. The SMILES string of the molecule is Cc1nc(Br)ccc1OC1CCC(OC2CCN(C(=O)O)CC2)CC1. The fraction of sp³-hybridized carbons (Fsp3) is 0.667. The number of piperidine rings is 1. The molecular formula is C18H25BrN2O4. The average Bonchev–Trinajstić information content (AvgIpc) is 2.59. The zero-order valence-corrected chi connectivity index (χ0v) is 16.1. The highest BCUT2D eigenvalue weighted by Crippen LogP contribution is 2.29. The van der Waals surface area contributed by atoms with Crippen LogP contribution < -0.4 is 4.74 Å². The van der Waals surface area contributed by atoms with Gasteiger partial charge in [0.1, 0.15) is 10.4 Å². The van der Waals surface area contributed by atoms with E-state index in [0.29, 0.717) is 13.1 Å². The Morgan fingerprint density at radius 3 is 2.32 bits per heavy atom. The van der Waals surface area contributed by atoms with Crippen molar-refractivity contribution in [2.45, 2.75) is 63.8 Å². The molecule has 7 heteroatoms. The van der Waals surface area contributed by atoms with Crippen LogP contribution in [0.4, 0.5) is 4.79 Å². The molecule has 0 spiro atoms. The van der Waals surface area contributed by atoms with Gasteiger partial charge in [0.05, 0.1) is 24.0 Å². The van der Waals surface area contributed by atoms with E-state index in [4.69, 9.17) is 14.6 Å². The van der Waals surface area contributed by atoms with E-state index in [2.05, 4.69) is 20.9 Å². The van der Waals surface area contributed by atoms with Gasteiger partial charge in [-0.15, -0.1) is 0 Å². The van der Waals surface area contributed by atoms with Gasteiger partial charge in [-0.05, 0) is 73.5 Å². The molecule has 2 aliphatic rings. The summed E-state index contributed by atoms with van der Waals surface area (Å²) >= 11 is 3.37. The van der Waals surface area contributed by atoms with Crippen LogP contribution in [0.1, 0.15) is 44.2 Å². The second-order valence-electron chi connectivity index (χ2n) is 6.84. The predicted molar refractivity (Wildman–Crippen MR) is 97.1 cm³/mol. The van der Waals surface area contributed by atoms with Gasteiger partial charge in [0.15, 0.2) is 0 Å². The van der Waals surface area contributed by atoms with Gasteiger partial charge in [0.25, 0.3) is 0 Å². The summed E-state index contributed by atoms with van der Waals surface area (Å²) in [7, 11) is 0. The van der Waals surface area contributed by atoms with E-state index in [1.807, 2.05) is 19.1 Å². The average molecular weight is 413 g/mol. The van der Waals surface area contributed by atoms with Crippen LogP contribution in [-0.2, 0) is 4.74 Å². The molecule has 138 valence electrons. The third-order valence-corrected chi connectivity index (χ3v) is 5.46.